The lowest BCUT2D eigenvalue weighted by Gasteiger charge is -1.98. The van der Waals surface area contributed by atoms with Crippen LogP contribution in [0.15, 0.2) is 17.5 Å². The number of aromatic hydroxyl groups is 1. The summed E-state index contributed by atoms with van der Waals surface area (Å²) in [6.07, 6.45) is 0. The number of hydrogen-bond donors (Lipinski definition) is 2. The first-order chi connectivity index (χ1) is 6.22. The molecule has 0 spiro atoms. The molecule has 2 nitrogen and oxygen atoms in total. The molecule has 1 heterocycles. The van der Waals surface area contributed by atoms with Crippen LogP contribution in [-0.4, -0.2) is 10.2 Å². The van der Waals surface area contributed by atoms with Crippen molar-refractivity contribution in [2.45, 2.75) is 6.61 Å². The van der Waals surface area contributed by atoms with Crippen LogP contribution in [-0.2, 0) is 6.61 Å². The highest BCUT2D eigenvalue weighted by Gasteiger charge is 2.08. The molecule has 0 radical (unpaired) electrons. The molecule has 0 aliphatic rings. The van der Waals surface area contributed by atoms with Gasteiger partial charge in [-0.15, -0.1) is 11.3 Å². The van der Waals surface area contributed by atoms with E-state index in [1.165, 1.54) is 11.4 Å². The predicted octanol–water partition coefficient (Wildman–Crippen LogP) is 2.24. The van der Waals surface area contributed by atoms with Gasteiger partial charge in [-0.25, -0.2) is 4.39 Å². The Kier molecular flexibility index (Phi) is 1.94. The van der Waals surface area contributed by atoms with E-state index in [0.717, 1.165) is 11.3 Å². The van der Waals surface area contributed by atoms with Crippen LogP contribution in [0.3, 0.4) is 0 Å². The van der Waals surface area contributed by atoms with E-state index in [0.29, 0.717) is 15.6 Å². The van der Waals surface area contributed by atoms with Crippen LogP contribution in [0.1, 0.15) is 5.56 Å². The third kappa shape index (κ3) is 1.28. The highest BCUT2D eigenvalue weighted by atomic mass is 32.1. The normalized spacial score (nSPS) is 10.9. The minimum Gasteiger partial charge on any atom is -0.506 e. The van der Waals surface area contributed by atoms with Gasteiger partial charge in [-0.05, 0) is 17.7 Å². The highest BCUT2D eigenvalue weighted by molar-refractivity contribution is 7.17. The van der Waals surface area contributed by atoms with Crippen LogP contribution >= 0.6 is 11.3 Å². The summed E-state index contributed by atoms with van der Waals surface area (Å²) >= 11 is 1.15. The highest BCUT2D eigenvalue weighted by Crippen LogP contribution is 2.33. The van der Waals surface area contributed by atoms with Gasteiger partial charge >= 0.3 is 0 Å². The number of fused-ring (bicyclic) bond motifs is 1. The topological polar surface area (TPSA) is 40.5 Å². The molecule has 0 saturated heterocycles. The van der Waals surface area contributed by atoms with Gasteiger partial charge in [0.05, 0.1) is 11.3 Å². The van der Waals surface area contributed by atoms with Crippen molar-refractivity contribution in [3.05, 3.63) is 28.9 Å². The summed E-state index contributed by atoms with van der Waals surface area (Å²) in [5.74, 6) is -0.332. The van der Waals surface area contributed by atoms with E-state index >= 15 is 0 Å². The lowest BCUT2D eigenvalue weighted by molar-refractivity contribution is 0.281. The van der Waals surface area contributed by atoms with Crippen molar-refractivity contribution in [1.29, 1.82) is 0 Å². The summed E-state index contributed by atoms with van der Waals surface area (Å²) in [5, 5.41) is 20.1. The Morgan fingerprint density at radius 3 is 2.85 bits per heavy atom. The SMILES string of the molecule is OCc1cc(F)c2scc(O)c2c1. The Morgan fingerprint density at radius 1 is 1.38 bits per heavy atom. The quantitative estimate of drug-likeness (QED) is 0.737. The lowest BCUT2D eigenvalue weighted by atomic mass is 10.1. The maximum absolute atomic E-state index is 13.2. The second kappa shape index (κ2) is 2.97. The van der Waals surface area contributed by atoms with Crippen LogP contribution in [0.5, 0.6) is 5.75 Å². The molecule has 1 aromatic heterocycles. The largest absolute Gasteiger partial charge is 0.506 e. The van der Waals surface area contributed by atoms with Gasteiger partial charge in [0.25, 0.3) is 0 Å². The molecule has 1 aromatic carbocycles. The van der Waals surface area contributed by atoms with Crippen molar-refractivity contribution >= 4 is 21.4 Å². The molecule has 2 rings (SSSR count). The van der Waals surface area contributed by atoms with Gasteiger partial charge in [0.15, 0.2) is 0 Å². The monoisotopic (exact) mass is 198 g/mol. The first-order valence-electron chi connectivity index (χ1n) is 3.72. The third-order valence-corrected chi connectivity index (χ3v) is 2.84. The number of aliphatic hydroxyl groups excluding tert-OH is 1. The van der Waals surface area contributed by atoms with Crippen molar-refractivity contribution in [2.24, 2.45) is 0 Å². The third-order valence-electron chi connectivity index (χ3n) is 1.85. The fraction of sp³-hybridized carbons (Fsp3) is 0.111. The van der Waals surface area contributed by atoms with E-state index in [4.69, 9.17) is 5.11 Å². The molecular weight excluding hydrogens is 191 g/mol. The van der Waals surface area contributed by atoms with Gasteiger partial charge in [0.2, 0.25) is 0 Å². The van der Waals surface area contributed by atoms with E-state index < -0.39 is 5.82 Å². The molecule has 0 amide bonds. The molecule has 68 valence electrons. The van der Waals surface area contributed by atoms with Crippen LogP contribution in [0.25, 0.3) is 10.1 Å². The molecule has 13 heavy (non-hydrogen) atoms. The minimum atomic E-state index is -0.396. The number of rotatable bonds is 1. The van der Waals surface area contributed by atoms with Gasteiger partial charge in [0, 0.05) is 10.8 Å². The molecule has 0 aliphatic heterocycles. The fourth-order valence-corrected chi connectivity index (χ4v) is 2.05. The summed E-state index contributed by atoms with van der Waals surface area (Å²) in [4.78, 5) is 0. The summed E-state index contributed by atoms with van der Waals surface area (Å²) in [6.45, 7) is -0.220. The van der Waals surface area contributed by atoms with Crippen molar-refractivity contribution in [3.8, 4) is 5.75 Å². The molecule has 0 saturated carbocycles. The maximum atomic E-state index is 13.2. The number of aliphatic hydroxyl groups is 1. The van der Waals surface area contributed by atoms with Crippen molar-refractivity contribution < 1.29 is 14.6 Å². The molecule has 0 atom stereocenters. The zero-order valence-corrected chi connectivity index (χ0v) is 7.44. The zero-order chi connectivity index (χ0) is 9.42. The summed E-state index contributed by atoms with van der Waals surface area (Å²) in [5.41, 5.74) is 0.471. The van der Waals surface area contributed by atoms with E-state index in [1.807, 2.05) is 0 Å². The van der Waals surface area contributed by atoms with E-state index in [9.17, 15) is 9.50 Å². The summed E-state index contributed by atoms with van der Waals surface area (Å²) in [6, 6.07) is 2.86. The average molecular weight is 198 g/mol. The number of thiophene rings is 1. The molecule has 0 aliphatic carbocycles. The van der Waals surface area contributed by atoms with E-state index in [-0.39, 0.29) is 12.4 Å². The van der Waals surface area contributed by atoms with E-state index in [1.54, 1.807) is 6.07 Å². The Morgan fingerprint density at radius 2 is 2.15 bits per heavy atom. The average Bonchev–Trinajstić information content (AvgIpc) is 2.48. The number of benzene rings is 1. The summed E-state index contributed by atoms with van der Waals surface area (Å²) < 4.78 is 13.7. The van der Waals surface area contributed by atoms with Gasteiger partial charge in [-0.3, -0.25) is 0 Å². The van der Waals surface area contributed by atoms with Crippen LogP contribution in [0.4, 0.5) is 4.39 Å². The molecular formula is C9H7FO2S. The van der Waals surface area contributed by atoms with Gasteiger partial charge in [-0.1, -0.05) is 0 Å². The molecule has 4 heteroatoms. The van der Waals surface area contributed by atoms with Crippen LogP contribution in [0.2, 0.25) is 0 Å². The zero-order valence-electron chi connectivity index (χ0n) is 6.62. The number of hydrogen-bond acceptors (Lipinski definition) is 3. The smallest absolute Gasteiger partial charge is 0.141 e. The van der Waals surface area contributed by atoms with Crippen LogP contribution in [0, 0.1) is 5.82 Å². The first-order valence-corrected chi connectivity index (χ1v) is 4.60. The lowest BCUT2D eigenvalue weighted by Crippen LogP contribution is -1.84. The summed E-state index contributed by atoms with van der Waals surface area (Å²) in [7, 11) is 0. The van der Waals surface area contributed by atoms with E-state index in [2.05, 4.69) is 0 Å². The van der Waals surface area contributed by atoms with Crippen molar-refractivity contribution in [2.75, 3.05) is 0 Å². The predicted molar refractivity (Wildman–Crippen MR) is 49.4 cm³/mol. The Hall–Kier alpha value is -1.13. The Labute approximate surface area is 77.9 Å². The molecule has 0 fully saturated rings. The Bertz CT molecular complexity index is 450. The van der Waals surface area contributed by atoms with Crippen molar-refractivity contribution in [1.82, 2.24) is 0 Å². The number of halogens is 1. The van der Waals surface area contributed by atoms with Gasteiger partial charge < -0.3 is 10.2 Å². The Balaban J connectivity index is 2.80. The first kappa shape index (κ1) is 8.47. The molecule has 2 aromatic rings. The minimum absolute atomic E-state index is 0.0641. The molecule has 0 bridgehead atoms. The van der Waals surface area contributed by atoms with Crippen LogP contribution < -0.4 is 0 Å². The second-order valence-corrected chi connectivity index (χ2v) is 3.61. The fourth-order valence-electron chi connectivity index (χ4n) is 1.23. The standard InChI is InChI=1S/C9H7FO2S/c10-7-2-5(3-11)1-6-8(12)4-13-9(6)7/h1-2,4,11-12H,3H2. The van der Waals surface area contributed by atoms with Crippen molar-refractivity contribution in [3.63, 3.8) is 0 Å². The van der Waals surface area contributed by atoms with Gasteiger partial charge in [0.1, 0.15) is 11.6 Å². The maximum Gasteiger partial charge on any atom is 0.141 e. The van der Waals surface area contributed by atoms with Gasteiger partial charge in [-0.2, -0.15) is 0 Å². The second-order valence-electron chi connectivity index (χ2n) is 2.73. The molecule has 2 N–H and O–H groups in total. The molecule has 0 unspecified atom stereocenters.